The van der Waals surface area contributed by atoms with E-state index in [1.165, 1.54) is 6.20 Å². The Morgan fingerprint density at radius 1 is 0.909 bits per heavy atom. The average molecular weight is 300 g/mol. The summed E-state index contributed by atoms with van der Waals surface area (Å²) in [5.74, 6) is 0.797. The summed E-state index contributed by atoms with van der Waals surface area (Å²) in [7, 11) is 0. The first-order chi connectivity index (χ1) is 10.1. The number of nitrogens with zero attached hydrogens (tertiary/aromatic N) is 3. The molecule has 5 nitrogen and oxygen atoms in total. The smallest absolute Gasteiger partial charge is 0.247 e. The lowest BCUT2D eigenvalue weighted by Gasteiger charge is -2.28. The predicted octanol–water partition coefficient (Wildman–Crippen LogP) is 3.92. The molecule has 0 fully saturated rings. The number of aromatic nitrogens is 3. The summed E-state index contributed by atoms with van der Waals surface area (Å²) < 4.78 is 0. The Bertz CT molecular complexity index is 620. The third kappa shape index (κ3) is 3.53. The molecular weight excluding hydrogens is 276 g/mol. The molecule has 118 valence electrons. The molecule has 0 bridgehead atoms. The number of phenolic OH excluding ortho intramolecular Hbond substituents is 1. The SMILES string of the molecule is CC(C)(C)c1cc(Nc2nccnn2)cc(C(C)(C)C)c1O. The van der Waals surface area contributed by atoms with Crippen LogP contribution in [0.15, 0.2) is 24.5 Å². The molecule has 2 N–H and O–H groups in total. The second kappa shape index (κ2) is 5.55. The largest absolute Gasteiger partial charge is 0.507 e. The minimum atomic E-state index is -0.169. The first kappa shape index (κ1) is 16.2. The highest BCUT2D eigenvalue weighted by atomic mass is 16.3. The van der Waals surface area contributed by atoms with Crippen LogP contribution in [0.5, 0.6) is 5.75 Å². The molecule has 0 aliphatic carbocycles. The van der Waals surface area contributed by atoms with E-state index >= 15 is 0 Å². The zero-order chi connectivity index (χ0) is 16.5. The fourth-order valence-corrected chi connectivity index (χ4v) is 2.28. The number of anilines is 2. The van der Waals surface area contributed by atoms with Crippen LogP contribution in [0.4, 0.5) is 11.6 Å². The van der Waals surface area contributed by atoms with Gasteiger partial charge in [-0.1, -0.05) is 41.5 Å². The van der Waals surface area contributed by atoms with Crippen molar-refractivity contribution in [3.8, 4) is 5.75 Å². The fraction of sp³-hybridized carbons (Fsp3) is 0.471. The molecule has 1 heterocycles. The summed E-state index contributed by atoms with van der Waals surface area (Å²) >= 11 is 0. The standard InChI is InChI=1S/C17H24N4O/c1-16(2,3)12-9-11(20-15-18-7-8-19-21-15)10-13(14(12)22)17(4,5)6/h7-10,22H,1-6H3,(H,18,20,21). The highest BCUT2D eigenvalue weighted by Crippen LogP contribution is 2.41. The average Bonchev–Trinajstić information content (AvgIpc) is 2.39. The summed E-state index contributed by atoms with van der Waals surface area (Å²) in [6.07, 6.45) is 3.12. The van der Waals surface area contributed by atoms with Crippen molar-refractivity contribution in [3.63, 3.8) is 0 Å². The third-order valence-electron chi connectivity index (χ3n) is 3.46. The van der Waals surface area contributed by atoms with Gasteiger partial charge in [0.25, 0.3) is 0 Å². The third-order valence-corrected chi connectivity index (χ3v) is 3.46. The highest BCUT2D eigenvalue weighted by molar-refractivity contribution is 5.62. The Morgan fingerprint density at radius 2 is 1.45 bits per heavy atom. The molecule has 0 unspecified atom stereocenters. The molecule has 0 saturated carbocycles. The van der Waals surface area contributed by atoms with Crippen molar-refractivity contribution < 1.29 is 5.11 Å². The fourth-order valence-electron chi connectivity index (χ4n) is 2.28. The van der Waals surface area contributed by atoms with E-state index in [9.17, 15) is 5.11 Å². The quantitative estimate of drug-likeness (QED) is 0.823. The monoisotopic (exact) mass is 300 g/mol. The Morgan fingerprint density at radius 3 is 1.86 bits per heavy atom. The molecule has 0 radical (unpaired) electrons. The summed E-state index contributed by atoms with van der Waals surface area (Å²) in [5, 5.41) is 21.6. The molecule has 0 aliphatic rings. The molecule has 0 saturated heterocycles. The lowest BCUT2D eigenvalue weighted by molar-refractivity contribution is 0.423. The number of aromatic hydroxyl groups is 1. The number of rotatable bonds is 2. The zero-order valence-electron chi connectivity index (χ0n) is 14.1. The van der Waals surface area contributed by atoms with Crippen molar-refractivity contribution in [1.82, 2.24) is 15.2 Å². The molecular formula is C17H24N4O. The second-order valence-corrected chi connectivity index (χ2v) is 7.51. The van der Waals surface area contributed by atoms with Gasteiger partial charge < -0.3 is 10.4 Å². The number of benzene rings is 1. The summed E-state index contributed by atoms with van der Waals surface area (Å²) in [6, 6.07) is 3.89. The van der Waals surface area contributed by atoms with Crippen LogP contribution in [0.25, 0.3) is 0 Å². The number of nitrogens with one attached hydrogen (secondary N) is 1. The van der Waals surface area contributed by atoms with E-state index < -0.39 is 0 Å². The van der Waals surface area contributed by atoms with Crippen molar-refractivity contribution in [1.29, 1.82) is 0 Å². The topological polar surface area (TPSA) is 70.9 Å². The lowest BCUT2D eigenvalue weighted by Crippen LogP contribution is -2.17. The molecule has 5 heteroatoms. The van der Waals surface area contributed by atoms with Gasteiger partial charge in [0.05, 0.1) is 12.4 Å². The van der Waals surface area contributed by atoms with E-state index in [0.29, 0.717) is 11.7 Å². The first-order valence-electron chi connectivity index (χ1n) is 7.38. The lowest BCUT2D eigenvalue weighted by atomic mass is 9.79. The molecule has 2 rings (SSSR count). The van der Waals surface area contributed by atoms with E-state index in [0.717, 1.165) is 16.8 Å². The summed E-state index contributed by atoms with van der Waals surface area (Å²) in [4.78, 5) is 4.13. The molecule has 0 amide bonds. The van der Waals surface area contributed by atoms with E-state index in [1.54, 1.807) is 6.20 Å². The van der Waals surface area contributed by atoms with Gasteiger partial charge in [-0.15, -0.1) is 5.10 Å². The number of hydrogen-bond donors (Lipinski definition) is 2. The van der Waals surface area contributed by atoms with Crippen molar-refractivity contribution in [2.24, 2.45) is 0 Å². The Kier molecular flexibility index (Phi) is 4.09. The van der Waals surface area contributed by atoms with Gasteiger partial charge in [0, 0.05) is 16.8 Å². The minimum Gasteiger partial charge on any atom is -0.507 e. The van der Waals surface area contributed by atoms with E-state index in [1.807, 2.05) is 12.1 Å². The van der Waals surface area contributed by atoms with E-state index in [4.69, 9.17) is 0 Å². The van der Waals surface area contributed by atoms with Gasteiger partial charge in [-0.25, -0.2) is 4.98 Å². The van der Waals surface area contributed by atoms with Crippen molar-refractivity contribution >= 4 is 11.6 Å². The minimum absolute atomic E-state index is 0.169. The van der Waals surface area contributed by atoms with Gasteiger partial charge in [-0.3, -0.25) is 0 Å². The van der Waals surface area contributed by atoms with Crippen molar-refractivity contribution in [2.45, 2.75) is 52.4 Å². The van der Waals surface area contributed by atoms with Gasteiger partial charge in [0.1, 0.15) is 5.75 Å². The van der Waals surface area contributed by atoms with Gasteiger partial charge >= 0.3 is 0 Å². The van der Waals surface area contributed by atoms with Crippen molar-refractivity contribution in [3.05, 3.63) is 35.7 Å². The Hall–Kier alpha value is -2.17. The Labute approximate surface area is 131 Å². The molecule has 1 aromatic carbocycles. The van der Waals surface area contributed by atoms with Gasteiger partial charge in [-0.2, -0.15) is 5.10 Å². The first-order valence-corrected chi connectivity index (χ1v) is 7.38. The Balaban J connectivity index is 2.56. The van der Waals surface area contributed by atoms with Crippen LogP contribution in [0.2, 0.25) is 0 Å². The normalized spacial score (nSPS) is 12.3. The van der Waals surface area contributed by atoms with Crippen LogP contribution in [0, 0.1) is 0 Å². The molecule has 1 aromatic heterocycles. The van der Waals surface area contributed by atoms with Crippen LogP contribution in [-0.2, 0) is 10.8 Å². The highest BCUT2D eigenvalue weighted by Gasteiger charge is 2.26. The van der Waals surface area contributed by atoms with Crippen molar-refractivity contribution in [2.75, 3.05) is 5.32 Å². The summed E-state index contributed by atoms with van der Waals surface area (Å²) in [5.41, 5.74) is 2.30. The molecule has 22 heavy (non-hydrogen) atoms. The summed E-state index contributed by atoms with van der Waals surface area (Å²) in [6.45, 7) is 12.5. The molecule has 0 atom stereocenters. The molecule has 2 aromatic rings. The number of phenols is 1. The van der Waals surface area contributed by atoms with Crippen LogP contribution in [-0.4, -0.2) is 20.3 Å². The predicted molar refractivity (Wildman–Crippen MR) is 88.6 cm³/mol. The second-order valence-electron chi connectivity index (χ2n) is 7.51. The van der Waals surface area contributed by atoms with Crippen LogP contribution >= 0.6 is 0 Å². The maximum absolute atomic E-state index is 10.7. The number of hydrogen-bond acceptors (Lipinski definition) is 5. The van der Waals surface area contributed by atoms with Gasteiger partial charge in [0.2, 0.25) is 5.95 Å². The van der Waals surface area contributed by atoms with Crippen LogP contribution in [0.3, 0.4) is 0 Å². The zero-order valence-corrected chi connectivity index (χ0v) is 14.1. The van der Waals surface area contributed by atoms with Gasteiger partial charge in [-0.05, 0) is 23.0 Å². The molecule has 0 spiro atoms. The van der Waals surface area contributed by atoms with E-state index in [2.05, 4.69) is 62.0 Å². The van der Waals surface area contributed by atoms with Gasteiger partial charge in [0.15, 0.2) is 0 Å². The maximum Gasteiger partial charge on any atom is 0.247 e. The van der Waals surface area contributed by atoms with E-state index in [-0.39, 0.29) is 10.8 Å². The maximum atomic E-state index is 10.7. The molecule has 0 aliphatic heterocycles. The van der Waals surface area contributed by atoms with Crippen LogP contribution in [0.1, 0.15) is 52.7 Å². The van der Waals surface area contributed by atoms with Crippen LogP contribution < -0.4 is 5.32 Å².